The fraction of sp³-hybridized carbons (Fsp3) is 0.304. The van der Waals surface area contributed by atoms with Crippen LogP contribution in [-0.4, -0.2) is 40.6 Å². The molecule has 0 bridgehead atoms. The molecule has 1 saturated heterocycles. The maximum atomic E-state index is 13.4. The van der Waals surface area contributed by atoms with Gasteiger partial charge in [0, 0.05) is 36.3 Å². The van der Waals surface area contributed by atoms with Crippen LogP contribution in [0.3, 0.4) is 0 Å². The molecule has 3 rings (SSSR count). The molecule has 0 unspecified atom stereocenters. The number of carbonyl (C=O) groups excluding carboxylic acids is 1. The third-order valence-electron chi connectivity index (χ3n) is 5.03. The molecule has 1 aliphatic heterocycles. The maximum absolute atomic E-state index is 13.4. The first kappa shape index (κ1) is 22.1. The normalized spacial score (nSPS) is 14.8. The Bertz CT molecular complexity index is 1060. The number of terminal acetylenes is 1. The average Bonchev–Trinajstić information content (AvgIpc) is 2.73. The van der Waals surface area contributed by atoms with Crippen molar-refractivity contribution in [3.8, 4) is 18.1 Å². The van der Waals surface area contributed by atoms with E-state index in [-0.39, 0.29) is 17.3 Å². The molecule has 0 aliphatic carbocycles. The summed E-state index contributed by atoms with van der Waals surface area (Å²) in [4.78, 5) is 22.5. The lowest BCUT2D eigenvalue weighted by Crippen LogP contribution is -2.41. The van der Waals surface area contributed by atoms with Gasteiger partial charge < -0.3 is 9.64 Å². The molecule has 1 aromatic heterocycles. The number of pyridine rings is 1. The first-order chi connectivity index (χ1) is 14.8. The van der Waals surface area contributed by atoms with E-state index < -0.39 is 17.7 Å². The van der Waals surface area contributed by atoms with Crippen molar-refractivity contribution in [1.82, 2.24) is 9.88 Å². The molecule has 160 valence electrons. The fourth-order valence-electron chi connectivity index (χ4n) is 3.39. The molecule has 1 N–H and O–H groups in total. The van der Waals surface area contributed by atoms with Gasteiger partial charge in [-0.05, 0) is 51.0 Å². The van der Waals surface area contributed by atoms with Crippen molar-refractivity contribution in [2.75, 3.05) is 13.1 Å². The molecule has 0 spiro atoms. The number of amidine groups is 1. The van der Waals surface area contributed by atoms with Gasteiger partial charge in [0.1, 0.15) is 11.6 Å². The number of hydrogen-bond acceptors (Lipinski definition) is 4. The summed E-state index contributed by atoms with van der Waals surface area (Å²) in [5, 5.41) is 8.04. The summed E-state index contributed by atoms with van der Waals surface area (Å²) >= 11 is 0. The number of likely N-dealkylation sites (tertiary alicyclic amines) is 1. The van der Waals surface area contributed by atoms with Crippen molar-refractivity contribution in [1.29, 1.82) is 5.41 Å². The minimum atomic E-state index is -0.789. The molecule has 8 heteroatoms. The molecule has 1 amide bonds. The number of nitrogens with zero attached hydrogens (tertiary/aromatic N) is 3. The van der Waals surface area contributed by atoms with Gasteiger partial charge in [0.2, 0.25) is 0 Å². The topological polar surface area (TPSA) is 78.6 Å². The highest BCUT2D eigenvalue weighted by Gasteiger charge is 2.27. The molecule has 0 radical (unpaired) electrons. The van der Waals surface area contributed by atoms with Crippen LogP contribution in [0.25, 0.3) is 0 Å². The molecule has 2 heterocycles. The lowest BCUT2D eigenvalue weighted by Gasteiger charge is -2.30. The monoisotopic (exact) mass is 424 g/mol. The number of hydrogen-bond donors (Lipinski definition) is 1. The van der Waals surface area contributed by atoms with E-state index in [0.717, 1.165) is 23.9 Å². The van der Waals surface area contributed by atoms with E-state index in [2.05, 4.69) is 15.9 Å². The van der Waals surface area contributed by atoms with Gasteiger partial charge in [0.15, 0.2) is 11.6 Å². The van der Waals surface area contributed by atoms with E-state index in [9.17, 15) is 13.6 Å². The van der Waals surface area contributed by atoms with Gasteiger partial charge in [-0.15, -0.1) is 6.42 Å². The molecular formula is C23H22F2N4O2. The number of piperidine rings is 1. The van der Waals surface area contributed by atoms with Crippen LogP contribution in [0.2, 0.25) is 0 Å². The number of benzene rings is 1. The molecule has 1 aliphatic rings. The van der Waals surface area contributed by atoms with Gasteiger partial charge in [0.05, 0.1) is 11.4 Å². The lowest BCUT2D eigenvalue weighted by atomic mass is 9.92. The maximum Gasteiger partial charge on any atom is 0.415 e. The predicted molar refractivity (Wildman–Crippen MR) is 113 cm³/mol. The number of aliphatic imine (C=N–C) groups is 1. The Morgan fingerprint density at radius 3 is 2.45 bits per heavy atom. The van der Waals surface area contributed by atoms with Crippen LogP contribution in [-0.2, 0) is 0 Å². The molecule has 2 aromatic rings. The second-order valence-corrected chi connectivity index (χ2v) is 7.31. The van der Waals surface area contributed by atoms with Gasteiger partial charge in [0.25, 0.3) is 0 Å². The zero-order valence-corrected chi connectivity index (χ0v) is 17.3. The SMILES string of the molecule is C#C/C(=N\C(=N)c1cc(F)cc(F)c1)C1CCN(C(=O)Oc2ccc(C)nc2C)CC1. The third-order valence-corrected chi connectivity index (χ3v) is 5.03. The van der Waals surface area contributed by atoms with E-state index in [1.807, 2.05) is 6.92 Å². The summed E-state index contributed by atoms with van der Waals surface area (Å²) in [6, 6.07) is 6.28. The Balaban J connectivity index is 1.63. The first-order valence-electron chi connectivity index (χ1n) is 9.78. The highest BCUT2D eigenvalue weighted by molar-refractivity contribution is 6.12. The first-order valence-corrected chi connectivity index (χ1v) is 9.78. The van der Waals surface area contributed by atoms with Crippen LogP contribution in [0.1, 0.15) is 29.8 Å². The Kier molecular flexibility index (Phi) is 6.75. The minimum absolute atomic E-state index is 0.00772. The number of aromatic nitrogens is 1. The molecule has 1 aromatic carbocycles. The number of aryl methyl sites for hydroxylation is 2. The van der Waals surface area contributed by atoms with Gasteiger partial charge >= 0.3 is 6.09 Å². The van der Waals surface area contributed by atoms with Crippen molar-refractivity contribution in [3.05, 3.63) is 58.9 Å². The average molecular weight is 424 g/mol. The van der Waals surface area contributed by atoms with E-state index in [4.69, 9.17) is 16.6 Å². The number of carbonyl (C=O) groups is 1. The van der Waals surface area contributed by atoms with Crippen molar-refractivity contribution in [2.45, 2.75) is 26.7 Å². The number of halogens is 2. The molecular weight excluding hydrogens is 402 g/mol. The summed E-state index contributed by atoms with van der Waals surface area (Å²) in [5.74, 6) is 0.863. The second-order valence-electron chi connectivity index (χ2n) is 7.31. The minimum Gasteiger partial charge on any atom is -0.408 e. The van der Waals surface area contributed by atoms with E-state index in [1.165, 1.54) is 0 Å². The van der Waals surface area contributed by atoms with Gasteiger partial charge in [-0.3, -0.25) is 10.4 Å². The molecule has 0 atom stereocenters. The Labute approximate surface area is 179 Å². The number of nitrogens with one attached hydrogen (secondary N) is 1. The Hall–Kier alpha value is -3.60. The van der Waals surface area contributed by atoms with Crippen LogP contribution in [0.15, 0.2) is 35.3 Å². The van der Waals surface area contributed by atoms with Gasteiger partial charge in [-0.25, -0.2) is 18.6 Å². The standard InChI is InChI=1S/C23H22F2N4O2/c1-4-20(28-22(26)17-11-18(24)13-19(25)12-17)16-7-9-29(10-8-16)23(30)31-21-6-5-14(2)27-15(21)3/h1,5-6,11-13,16,26H,7-10H2,2-3H3/b26-22?,28-20+. The number of ether oxygens (including phenoxy) is 1. The highest BCUT2D eigenvalue weighted by atomic mass is 19.1. The predicted octanol–water partition coefficient (Wildman–Crippen LogP) is 4.29. The quantitative estimate of drug-likeness (QED) is 0.454. The smallest absolute Gasteiger partial charge is 0.408 e. The van der Waals surface area contributed by atoms with Crippen LogP contribution in [0, 0.1) is 49.2 Å². The van der Waals surface area contributed by atoms with E-state index >= 15 is 0 Å². The fourth-order valence-corrected chi connectivity index (χ4v) is 3.39. The van der Waals surface area contributed by atoms with E-state index in [0.29, 0.717) is 43.1 Å². The molecule has 31 heavy (non-hydrogen) atoms. The Morgan fingerprint density at radius 2 is 1.87 bits per heavy atom. The summed E-state index contributed by atoms with van der Waals surface area (Å²) in [5.41, 5.74) is 1.80. The summed E-state index contributed by atoms with van der Waals surface area (Å²) in [6.45, 7) is 4.45. The van der Waals surface area contributed by atoms with Crippen molar-refractivity contribution in [3.63, 3.8) is 0 Å². The largest absolute Gasteiger partial charge is 0.415 e. The van der Waals surface area contributed by atoms with Crippen LogP contribution >= 0.6 is 0 Å². The third kappa shape index (κ3) is 5.51. The van der Waals surface area contributed by atoms with Crippen molar-refractivity contribution >= 4 is 17.6 Å². The van der Waals surface area contributed by atoms with Gasteiger partial charge in [-0.2, -0.15) is 0 Å². The van der Waals surface area contributed by atoms with Crippen LogP contribution in [0.4, 0.5) is 13.6 Å². The zero-order valence-electron chi connectivity index (χ0n) is 17.3. The van der Waals surface area contributed by atoms with Crippen LogP contribution < -0.4 is 4.74 Å². The summed E-state index contributed by atoms with van der Waals surface area (Å²) < 4.78 is 32.3. The van der Waals surface area contributed by atoms with Crippen LogP contribution in [0.5, 0.6) is 5.75 Å². The second kappa shape index (κ2) is 9.47. The van der Waals surface area contributed by atoms with Crippen molar-refractivity contribution in [2.24, 2.45) is 10.9 Å². The molecule has 0 saturated carbocycles. The lowest BCUT2D eigenvalue weighted by molar-refractivity contribution is 0.137. The van der Waals surface area contributed by atoms with Gasteiger partial charge in [-0.1, -0.05) is 5.92 Å². The summed E-state index contributed by atoms with van der Waals surface area (Å²) in [7, 11) is 0. The van der Waals surface area contributed by atoms with Crippen molar-refractivity contribution < 1.29 is 18.3 Å². The number of amides is 1. The Morgan fingerprint density at radius 1 is 1.23 bits per heavy atom. The molecule has 1 fully saturated rings. The van der Waals surface area contributed by atoms with E-state index in [1.54, 1.807) is 24.0 Å². The highest BCUT2D eigenvalue weighted by Crippen LogP contribution is 2.22. The number of rotatable bonds is 3. The summed E-state index contributed by atoms with van der Waals surface area (Å²) in [6.07, 6.45) is 6.19. The zero-order chi connectivity index (χ0) is 22.5. The molecule has 6 nitrogen and oxygen atoms in total.